The third-order valence-corrected chi connectivity index (χ3v) is 8.45. The smallest absolute Gasteiger partial charge is 0.416 e. The number of halogens is 3. The van der Waals surface area contributed by atoms with Gasteiger partial charge in [0.25, 0.3) is 11.5 Å². The Morgan fingerprint density at radius 1 is 0.980 bits per heavy atom. The highest BCUT2D eigenvalue weighted by Gasteiger charge is 2.31. The number of carbonyl (C=O) groups is 1. The molecule has 2 aromatic heterocycles. The zero-order valence-corrected chi connectivity index (χ0v) is 29.0. The predicted octanol–water partition coefficient (Wildman–Crippen LogP) is 5.31. The third kappa shape index (κ3) is 10.0. The first-order valence-corrected chi connectivity index (χ1v) is 16.9. The average Bonchev–Trinajstić information content (AvgIpc) is 3.57. The lowest BCUT2D eigenvalue weighted by Crippen LogP contribution is -2.38. The van der Waals surface area contributed by atoms with E-state index in [9.17, 15) is 35.7 Å². The van der Waals surface area contributed by atoms with E-state index in [0.717, 1.165) is 23.2 Å². The summed E-state index contributed by atoms with van der Waals surface area (Å²) in [5.41, 5.74) is 0.667. The van der Waals surface area contributed by atoms with Crippen LogP contribution in [0.25, 0.3) is 22.5 Å². The van der Waals surface area contributed by atoms with Gasteiger partial charge in [0.1, 0.15) is 15.7 Å². The number of carbonyl (C=O) groups excluding carboxylic acids is 1. The highest BCUT2D eigenvalue weighted by atomic mass is 32.2. The van der Waals surface area contributed by atoms with Crippen LogP contribution in [-0.4, -0.2) is 71.9 Å². The van der Waals surface area contributed by atoms with Gasteiger partial charge >= 0.3 is 6.18 Å². The molecule has 0 aliphatic heterocycles. The summed E-state index contributed by atoms with van der Waals surface area (Å²) < 4.78 is 74.8. The zero-order valence-electron chi connectivity index (χ0n) is 28.2. The summed E-state index contributed by atoms with van der Waals surface area (Å²) >= 11 is 0. The van der Waals surface area contributed by atoms with E-state index < -0.39 is 33.3 Å². The molecule has 2 heterocycles. The van der Waals surface area contributed by atoms with Gasteiger partial charge in [-0.25, -0.2) is 13.1 Å². The van der Waals surface area contributed by atoms with E-state index in [2.05, 4.69) is 16.5 Å². The van der Waals surface area contributed by atoms with Gasteiger partial charge in [-0.2, -0.15) is 23.5 Å². The van der Waals surface area contributed by atoms with Gasteiger partial charge in [-0.15, -0.1) is 0 Å². The van der Waals surface area contributed by atoms with Crippen LogP contribution in [-0.2, 0) is 16.3 Å². The molecule has 0 unspecified atom stereocenters. The van der Waals surface area contributed by atoms with Crippen molar-refractivity contribution in [3.05, 3.63) is 130 Å². The predicted molar refractivity (Wildman–Crippen MR) is 183 cm³/mol. The van der Waals surface area contributed by atoms with Crippen LogP contribution in [0, 0.1) is 18.3 Å². The molecule has 0 spiro atoms. The fourth-order valence-electron chi connectivity index (χ4n) is 5.02. The SMILES string of the molecule is Cc1c(-c2cnn(-c3ccc(C#N)cc3)c2)cc(C(=O)NCCC[N+](C)(C)C)c(=O)n1-c1cccc(C(F)(F)F)c1.O=S(=O)([O-])c1ccccc1. The second-order valence-corrected chi connectivity index (χ2v) is 13.8. The van der Waals surface area contributed by atoms with Crippen molar-refractivity contribution in [2.24, 2.45) is 0 Å². The Bertz CT molecular complexity index is 2220. The molecular weight excluding hydrogens is 685 g/mol. The Balaban J connectivity index is 0.000000502. The zero-order chi connectivity index (χ0) is 37.6. The van der Waals surface area contributed by atoms with Gasteiger partial charge in [-0.3, -0.25) is 14.2 Å². The van der Waals surface area contributed by atoms with Crippen molar-refractivity contribution in [3.8, 4) is 28.6 Å². The maximum Gasteiger partial charge on any atom is 0.416 e. The van der Waals surface area contributed by atoms with E-state index >= 15 is 0 Å². The molecule has 0 fully saturated rings. The second-order valence-electron chi connectivity index (χ2n) is 12.5. The first-order valence-electron chi connectivity index (χ1n) is 15.5. The first-order chi connectivity index (χ1) is 23.9. The molecule has 3 aromatic carbocycles. The van der Waals surface area contributed by atoms with Crippen LogP contribution < -0.4 is 10.9 Å². The van der Waals surface area contributed by atoms with Gasteiger partial charge in [-0.1, -0.05) is 24.3 Å². The number of alkyl halides is 3. The molecule has 0 bridgehead atoms. The van der Waals surface area contributed by atoms with E-state index in [-0.39, 0.29) is 16.1 Å². The minimum absolute atomic E-state index is 0.0114. The van der Waals surface area contributed by atoms with Gasteiger partial charge < -0.3 is 14.4 Å². The number of hydrogen-bond donors (Lipinski definition) is 1. The van der Waals surface area contributed by atoms with Crippen molar-refractivity contribution in [1.82, 2.24) is 19.7 Å². The number of rotatable bonds is 9. The average molecular weight is 721 g/mol. The number of nitriles is 1. The Morgan fingerprint density at radius 3 is 2.22 bits per heavy atom. The molecule has 0 aliphatic carbocycles. The largest absolute Gasteiger partial charge is 0.744 e. The molecule has 266 valence electrons. The standard InChI is InChI=1S/C30H29F3N6O2.C6H6O3S/c1-20-26(22-18-36-37(19-22)24-11-9-21(17-34)10-12-24)16-27(28(40)35-13-6-14-39(2,3)4)29(41)38(20)25-8-5-7-23(15-25)30(31,32)33;7-10(8,9)6-4-2-1-3-5-6/h5,7-12,15-16,18-19H,6,13-14H2,1-4H3;1-5H,(H,7,8,9). The quantitative estimate of drug-likeness (QED) is 0.123. The molecule has 0 saturated carbocycles. The van der Waals surface area contributed by atoms with Crippen molar-refractivity contribution in [2.75, 3.05) is 34.2 Å². The van der Waals surface area contributed by atoms with Crippen LogP contribution in [0.4, 0.5) is 13.2 Å². The molecular formula is C36H35F3N6O5S. The fraction of sp³-hybridized carbons (Fsp3) is 0.222. The molecule has 0 aliphatic rings. The van der Waals surface area contributed by atoms with Gasteiger partial charge in [0.05, 0.1) is 61.7 Å². The Hall–Kier alpha value is -5.56. The van der Waals surface area contributed by atoms with E-state index in [1.807, 2.05) is 21.1 Å². The summed E-state index contributed by atoms with van der Waals surface area (Å²) in [6.07, 6.45) is -0.704. The number of aromatic nitrogens is 3. The monoisotopic (exact) mass is 720 g/mol. The molecule has 0 radical (unpaired) electrons. The summed E-state index contributed by atoms with van der Waals surface area (Å²) in [5, 5.41) is 16.2. The summed E-state index contributed by atoms with van der Waals surface area (Å²) in [6, 6.07) is 21.9. The van der Waals surface area contributed by atoms with Crippen molar-refractivity contribution < 1.29 is 35.4 Å². The Morgan fingerprint density at radius 2 is 1.65 bits per heavy atom. The molecule has 5 aromatic rings. The minimum atomic E-state index is -4.61. The first kappa shape index (κ1) is 38.2. The molecule has 15 heteroatoms. The van der Waals surface area contributed by atoms with E-state index in [0.29, 0.717) is 45.5 Å². The van der Waals surface area contributed by atoms with E-state index in [4.69, 9.17) is 5.26 Å². The lowest BCUT2D eigenvalue weighted by molar-refractivity contribution is -0.870. The summed E-state index contributed by atoms with van der Waals surface area (Å²) in [4.78, 5) is 26.7. The van der Waals surface area contributed by atoms with E-state index in [1.54, 1.807) is 54.3 Å². The van der Waals surface area contributed by atoms with Crippen molar-refractivity contribution >= 4 is 16.0 Å². The van der Waals surface area contributed by atoms with Crippen LogP contribution in [0.3, 0.4) is 0 Å². The summed E-state index contributed by atoms with van der Waals surface area (Å²) in [5.74, 6) is -0.613. The van der Waals surface area contributed by atoms with E-state index in [1.165, 1.54) is 42.5 Å². The highest BCUT2D eigenvalue weighted by molar-refractivity contribution is 7.85. The number of quaternary nitrogens is 1. The number of nitrogens with zero attached hydrogens (tertiary/aromatic N) is 5. The topological polar surface area (TPSA) is 150 Å². The normalized spacial score (nSPS) is 11.7. The maximum absolute atomic E-state index is 13.6. The van der Waals surface area contributed by atoms with Gasteiger partial charge in [-0.05, 0) is 67.6 Å². The van der Waals surface area contributed by atoms with Crippen LogP contribution in [0.2, 0.25) is 0 Å². The fourth-order valence-corrected chi connectivity index (χ4v) is 5.51. The van der Waals surface area contributed by atoms with Crippen LogP contribution in [0.5, 0.6) is 0 Å². The van der Waals surface area contributed by atoms with Gasteiger partial charge in [0, 0.05) is 41.7 Å². The molecule has 51 heavy (non-hydrogen) atoms. The van der Waals surface area contributed by atoms with Crippen LogP contribution in [0.15, 0.2) is 107 Å². The van der Waals surface area contributed by atoms with Crippen molar-refractivity contribution in [3.63, 3.8) is 0 Å². The maximum atomic E-state index is 13.6. The third-order valence-electron chi connectivity index (χ3n) is 7.60. The second kappa shape index (κ2) is 15.5. The minimum Gasteiger partial charge on any atom is -0.744 e. The number of amides is 1. The van der Waals surface area contributed by atoms with Gasteiger partial charge in [0.2, 0.25) is 0 Å². The molecule has 5 rings (SSSR count). The number of benzene rings is 3. The molecule has 11 nitrogen and oxygen atoms in total. The Labute approximate surface area is 293 Å². The molecule has 0 atom stereocenters. The van der Waals surface area contributed by atoms with Crippen LogP contribution >= 0.6 is 0 Å². The van der Waals surface area contributed by atoms with Crippen molar-refractivity contribution in [1.29, 1.82) is 5.26 Å². The number of nitrogens with one attached hydrogen (secondary N) is 1. The molecule has 1 N–H and O–H groups in total. The van der Waals surface area contributed by atoms with Crippen molar-refractivity contribution in [2.45, 2.75) is 24.4 Å². The number of pyridine rings is 1. The lowest BCUT2D eigenvalue weighted by Gasteiger charge is -2.23. The summed E-state index contributed by atoms with van der Waals surface area (Å²) in [6.45, 7) is 2.73. The lowest BCUT2D eigenvalue weighted by atomic mass is 10.0. The van der Waals surface area contributed by atoms with Gasteiger partial charge in [0.15, 0.2) is 0 Å². The summed E-state index contributed by atoms with van der Waals surface area (Å²) in [7, 11) is 1.83. The molecule has 1 amide bonds. The number of hydrogen-bond acceptors (Lipinski definition) is 7. The van der Waals surface area contributed by atoms with Crippen LogP contribution in [0.1, 0.15) is 33.6 Å². The molecule has 0 saturated heterocycles. The Kier molecular flexibility index (Phi) is 11.7. The highest BCUT2D eigenvalue weighted by Crippen LogP contribution is 2.31.